The molecule has 0 N–H and O–H groups in total. The predicted octanol–water partition coefficient (Wildman–Crippen LogP) is 7.42. The van der Waals surface area contributed by atoms with Crippen molar-refractivity contribution in [3.8, 4) is 40.1 Å². The Morgan fingerprint density at radius 2 is 1.32 bits per heavy atom. The molecule has 0 unspecified atom stereocenters. The molecule has 41 heavy (non-hydrogen) atoms. The van der Waals surface area contributed by atoms with Gasteiger partial charge in [-0.3, -0.25) is 4.79 Å². The molecule has 0 radical (unpaired) electrons. The fourth-order valence-electron chi connectivity index (χ4n) is 4.45. The average Bonchev–Trinajstić information content (AvgIpc) is 2.99. The van der Waals surface area contributed by atoms with E-state index in [-0.39, 0.29) is 22.7 Å². The maximum atomic E-state index is 13.6. The topological polar surface area (TPSA) is 76.4 Å². The third-order valence-corrected chi connectivity index (χ3v) is 6.37. The zero-order valence-corrected chi connectivity index (χ0v) is 23.5. The molecule has 210 valence electrons. The van der Waals surface area contributed by atoms with Crippen molar-refractivity contribution in [2.24, 2.45) is 0 Å². The molecule has 0 aliphatic carbocycles. The number of benzene rings is 4. The Morgan fingerprint density at radius 1 is 0.683 bits per heavy atom. The molecular formula is C34H32O7. The third kappa shape index (κ3) is 6.30. The van der Waals surface area contributed by atoms with Gasteiger partial charge in [0, 0.05) is 17.7 Å². The van der Waals surface area contributed by atoms with Gasteiger partial charge >= 0.3 is 0 Å². The SMILES string of the molecule is COc1ccc(-c2cc(=O)c3c(OC(C)C)c(OC)c(OCc4ccccc4)cc3o2)cc1OCc1ccccc1. The van der Waals surface area contributed by atoms with Crippen molar-refractivity contribution < 1.29 is 28.1 Å². The van der Waals surface area contributed by atoms with Gasteiger partial charge in [0.15, 0.2) is 28.4 Å². The van der Waals surface area contributed by atoms with Gasteiger partial charge in [-0.05, 0) is 43.2 Å². The summed E-state index contributed by atoms with van der Waals surface area (Å²) in [6.07, 6.45) is -0.221. The van der Waals surface area contributed by atoms with Crippen LogP contribution in [0.1, 0.15) is 25.0 Å². The fraction of sp³-hybridized carbons (Fsp3) is 0.206. The Morgan fingerprint density at radius 3 is 1.90 bits per heavy atom. The van der Waals surface area contributed by atoms with E-state index in [0.29, 0.717) is 53.1 Å². The van der Waals surface area contributed by atoms with E-state index in [1.807, 2.05) is 80.6 Å². The molecule has 0 fully saturated rings. The molecule has 0 atom stereocenters. The van der Waals surface area contributed by atoms with Gasteiger partial charge < -0.3 is 28.1 Å². The van der Waals surface area contributed by atoms with Gasteiger partial charge in [-0.25, -0.2) is 0 Å². The molecular weight excluding hydrogens is 520 g/mol. The molecule has 5 rings (SSSR count). The van der Waals surface area contributed by atoms with Crippen LogP contribution in [-0.2, 0) is 13.2 Å². The predicted molar refractivity (Wildman–Crippen MR) is 158 cm³/mol. The average molecular weight is 553 g/mol. The van der Waals surface area contributed by atoms with Crippen LogP contribution < -0.4 is 29.1 Å². The highest BCUT2D eigenvalue weighted by Gasteiger charge is 2.23. The fourth-order valence-corrected chi connectivity index (χ4v) is 4.45. The van der Waals surface area contributed by atoms with Gasteiger partial charge in [0.05, 0.1) is 20.3 Å². The van der Waals surface area contributed by atoms with Crippen LogP contribution in [0.5, 0.6) is 28.7 Å². The van der Waals surface area contributed by atoms with E-state index in [9.17, 15) is 4.79 Å². The first-order valence-corrected chi connectivity index (χ1v) is 13.3. The van der Waals surface area contributed by atoms with Crippen LogP contribution in [0, 0.1) is 0 Å². The van der Waals surface area contributed by atoms with Crippen LogP contribution in [-0.4, -0.2) is 20.3 Å². The van der Waals surface area contributed by atoms with E-state index in [0.717, 1.165) is 11.1 Å². The highest BCUT2D eigenvalue weighted by molar-refractivity contribution is 5.90. The molecule has 4 aromatic carbocycles. The lowest BCUT2D eigenvalue weighted by Crippen LogP contribution is -2.12. The highest BCUT2D eigenvalue weighted by Crippen LogP contribution is 2.44. The van der Waals surface area contributed by atoms with Crippen LogP contribution in [0.25, 0.3) is 22.3 Å². The number of fused-ring (bicyclic) bond motifs is 1. The van der Waals surface area contributed by atoms with Crippen molar-refractivity contribution in [2.75, 3.05) is 14.2 Å². The first kappa shape index (κ1) is 27.6. The monoisotopic (exact) mass is 552 g/mol. The molecule has 0 saturated heterocycles. The summed E-state index contributed by atoms with van der Waals surface area (Å²) < 4.78 is 35.8. The van der Waals surface area contributed by atoms with E-state index in [4.69, 9.17) is 28.1 Å². The molecule has 0 saturated carbocycles. The number of hydrogen-bond acceptors (Lipinski definition) is 7. The van der Waals surface area contributed by atoms with Crippen molar-refractivity contribution in [3.05, 3.63) is 112 Å². The first-order chi connectivity index (χ1) is 20.0. The number of rotatable bonds is 11. The number of methoxy groups -OCH3 is 2. The van der Waals surface area contributed by atoms with Gasteiger partial charge in [0.1, 0.15) is 29.9 Å². The second-order valence-corrected chi connectivity index (χ2v) is 9.67. The maximum Gasteiger partial charge on any atom is 0.204 e. The summed E-state index contributed by atoms with van der Waals surface area (Å²) in [4.78, 5) is 13.6. The Bertz CT molecular complexity index is 1680. The van der Waals surface area contributed by atoms with Crippen LogP contribution in [0.4, 0.5) is 0 Å². The standard InChI is InChI=1S/C34H32O7/c1-22(2)40-34-32-26(35)18-28(25-15-16-27(36-3)29(17-25)38-20-23-11-7-5-8-12-23)41-30(32)19-31(33(34)37-4)39-21-24-13-9-6-10-14-24/h5-19,22H,20-21H2,1-4H3. The van der Waals surface area contributed by atoms with E-state index < -0.39 is 0 Å². The maximum absolute atomic E-state index is 13.6. The summed E-state index contributed by atoms with van der Waals surface area (Å²) in [6, 6.07) is 28.2. The van der Waals surface area contributed by atoms with E-state index in [1.165, 1.54) is 13.2 Å². The van der Waals surface area contributed by atoms with E-state index in [1.54, 1.807) is 25.3 Å². The van der Waals surface area contributed by atoms with E-state index >= 15 is 0 Å². The molecule has 0 aliphatic rings. The van der Waals surface area contributed by atoms with Gasteiger partial charge in [-0.1, -0.05) is 60.7 Å². The highest BCUT2D eigenvalue weighted by atomic mass is 16.5. The Hall–Kier alpha value is -4.91. The van der Waals surface area contributed by atoms with Gasteiger partial charge in [0.25, 0.3) is 0 Å². The van der Waals surface area contributed by atoms with Crippen LogP contribution in [0.2, 0.25) is 0 Å². The lowest BCUT2D eigenvalue weighted by molar-refractivity contribution is 0.224. The minimum absolute atomic E-state index is 0.221. The number of ether oxygens (including phenoxy) is 5. The molecule has 1 heterocycles. The summed E-state index contributed by atoms with van der Waals surface area (Å²) in [7, 11) is 3.11. The molecule has 7 heteroatoms. The Kier molecular flexibility index (Phi) is 8.44. The summed E-state index contributed by atoms with van der Waals surface area (Å²) in [6.45, 7) is 4.43. The summed E-state index contributed by atoms with van der Waals surface area (Å²) in [5.74, 6) is 2.49. The van der Waals surface area contributed by atoms with Crippen molar-refractivity contribution in [2.45, 2.75) is 33.2 Å². The molecule has 1 aromatic heterocycles. The zero-order chi connectivity index (χ0) is 28.8. The minimum Gasteiger partial charge on any atom is -0.493 e. The minimum atomic E-state index is -0.271. The first-order valence-electron chi connectivity index (χ1n) is 13.3. The third-order valence-electron chi connectivity index (χ3n) is 6.37. The molecule has 0 bridgehead atoms. The second-order valence-electron chi connectivity index (χ2n) is 9.67. The molecule has 0 aliphatic heterocycles. The van der Waals surface area contributed by atoms with Crippen LogP contribution >= 0.6 is 0 Å². The van der Waals surface area contributed by atoms with Gasteiger partial charge in [0.2, 0.25) is 5.75 Å². The quantitative estimate of drug-likeness (QED) is 0.169. The van der Waals surface area contributed by atoms with Crippen LogP contribution in [0.15, 0.2) is 100 Å². The van der Waals surface area contributed by atoms with Crippen LogP contribution in [0.3, 0.4) is 0 Å². The molecule has 0 spiro atoms. The van der Waals surface area contributed by atoms with Gasteiger partial charge in [-0.15, -0.1) is 0 Å². The lowest BCUT2D eigenvalue weighted by Gasteiger charge is -2.19. The lowest BCUT2D eigenvalue weighted by atomic mass is 10.1. The Balaban J connectivity index is 1.57. The molecule has 5 aromatic rings. The summed E-state index contributed by atoms with van der Waals surface area (Å²) in [5.41, 5.74) is 2.70. The van der Waals surface area contributed by atoms with Gasteiger partial charge in [-0.2, -0.15) is 0 Å². The normalized spacial score (nSPS) is 11.0. The van der Waals surface area contributed by atoms with Crippen molar-refractivity contribution in [1.29, 1.82) is 0 Å². The van der Waals surface area contributed by atoms with Crippen molar-refractivity contribution in [3.63, 3.8) is 0 Å². The molecule has 7 nitrogen and oxygen atoms in total. The summed E-state index contributed by atoms with van der Waals surface area (Å²) >= 11 is 0. The second kappa shape index (κ2) is 12.5. The smallest absolute Gasteiger partial charge is 0.204 e. The number of hydrogen-bond donors (Lipinski definition) is 0. The molecule has 0 amide bonds. The van der Waals surface area contributed by atoms with Crippen molar-refractivity contribution in [1.82, 2.24) is 0 Å². The summed E-state index contributed by atoms with van der Waals surface area (Å²) in [5, 5.41) is 0.278. The largest absolute Gasteiger partial charge is 0.493 e. The Labute approximate surface area is 238 Å². The van der Waals surface area contributed by atoms with E-state index in [2.05, 4.69) is 0 Å². The zero-order valence-electron chi connectivity index (χ0n) is 23.5. The van der Waals surface area contributed by atoms with Crippen molar-refractivity contribution >= 4 is 11.0 Å².